The lowest BCUT2D eigenvalue weighted by Crippen LogP contribution is -2.34. The van der Waals surface area contributed by atoms with E-state index in [-0.39, 0.29) is 23.7 Å². The van der Waals surface area contributed by atoms with Crippen molar-refractivity contribution in [3.63, 3.8) is 0 Å². The molecule has 1 atom stereocenters. The molecular weight excluding hydrogens is 500 g/mol. The van der Waals surface area contributed by atoms with Gasteiger partial charge in [0.15, 0.2) is 0 Å². The van der Waals surface area contributed by atoms with Crippen LogP contribution in [0.5, 0.6) is 0 Å². The molecule has 0 saturated heterocycles. The summed E-state index contributed by atoms with van der Waals surface area (Å²) in [7, 11) is -1.61. The van der Waals surface area contributed by atoms with Gasteiger partial charge in [-0.25, -0.2) is 9.59 Å². The van der Waals surface area contributed by atoms with E-state index in [0.717, 1.165) is 5.56 Å². The zero-order chi connectivity index (χ0) is 20.8. The Labute approximate surface area is 180 Å². The third-order valence-corrected chi connectivity index (χ3v) is 4.29. The van der Waals surface area contributed by atoms with Crippen LogP contribution in [0.4, 0.5) is 9.59 Å². The van der Waals surface area contributed by atoms with Crippen LogP contribution in [0.1, 0.15) is 32.8 Å². The number of benzene rings is 1. The first-order valence-electron chi connectivity index (χ1n) is 8.78. The SMILES string of the molecule is CC(C)(C)OC(=O)NCCOP(OCCCOC(=O)I)OCc1ccccc1. The number of nitrogens with one attached hydrogen (secondary N) is 1. The summed E-state index contributed by atoms with van der Waals surface area (Å²) in [4.78, 5) is 22.4. The molecule has 1 amide bonds. The lowest BCUT2D eigenvalue weighted by Gasteiger charge is -2.20. The summed E-state index contributed by atoms with van der Waals surface area (Å²) in [6.07, 6.45) is 0.0223. The Morgan fingerprint density at radius 2 is 1.71 bits per heavy atom. The number of halogens is 1. The van der Waals surface area contributed by atoms with Crippen molar-refractivity contribution >= 4 is 41.3 Å². The summed E-state index contributed by atoms with van der Waals surface area (Å²) in [6, 6.07) is 9.66. The van der Waals surface area contributed by atoms with Gasteiger partial charge in [0.2, 0.25) is 0 Å². The summed E-state index contributed by atoms with van der Waals surface area (Å²) in [5.74, 6) is 0. The molecular formula is C18H27INO7P. The van der Waals surface area contributed by atoms with Gasteiger partial charge in [-0.05, 0) is 26.3 Å². The first-order chi connectivity index (χ1) is 13.3. The highest BCUT2D eigenvalue weighted by atomic mass is 127. The molecule has 0 radical (unpaired) electrons. The van der Waals surface area contributed by atoms with Crippen LogP contribution in [-0.4, -0.2) is 42.0 Å². The maximum atomic E-state index is 11.6. The molecule has 0 aliphatic carbocycles. The highest BCUT2D eigenvalue weighted by Crippen LogP contribution is 2.40. The lowest BCUT2D eigenvalue weighted by atomic mass is 10.2. The molecule has 1 aromatic rings. The van der Waals surface area contributed by atoms with E-state index in [1.165, 1.54) is 0 Å². The van der Waals surface area contributed by atoms with E-state index in [1.54, 1.807) is 43.4 Å². The van der Waals surface area contributed by atoms with Gasteiger partial charge in [-0.1, -0.05) is 30.3 Å². The molecule has 1 rings (SSSR count). The van der Waals surface area contributed by atoms with Gasteiger partial charge < -0.3 is 28.4 Å². The predicted octanol–water partition coefficient (Wildman–Crippen LogP) is 4.95. The van der Waals surface area contributed by atoms with Crippen molar-refractivity contribution in [2.24, 2.45) is 0 Å². The lowest BCUT2D eigenvalue weighted by molar-refractivity contribution is 0.0515. The van der Waals surface area contributed by atoms with Gasteiger partial charge in [-0.2, -0.15) is 0 Å². The van der Waals surface area contributed by atoms with Gasteiger partial charge in [-0.15, -0.1) is 0 Å². The van der Waals surface area contributed by atoms with Crippen LogP contribution in [-0.2, 0) is 29.7 Å². The zero-order valence-corrected chi connectivity index (χ0v) is 19.4. The maximum absolute atomic E-state index is 11.6. The Balaban J connectivity index is 2.34. The van der Waals surface area contributed by atoms with Gasteiger partial charge in [0.05, 0.1) is 49.0 Å². The molecule has 10 heteroatoms. The van der Waals surface area contributed by atoms with Crippen molar-refractivity contribution in [2.45, 2.75) is 39.4 Å². The molecule has 0 aromatic heterocycles. The Bertz CT molecular complexity index is 583. The van der Waals surface area contributed by atoms with Crippen LogP contribution in [0.25, 0.3) is 0 Å². The number of hydrogen-bond acceptors (Lipinski definition) is 7. The van der Waals surface area contributed by atoms with Crippen LogP contribution < -0.4 is 5.32 Å². The van der Waals surface area contributed by atoms with Crippen molar-refractivity contribution in [3.8, 4) is 0 Å². The van der Waals surface area contributed by atoms with E-state index in [9.17, 15) is 9.59 Å². The van der Waals surface area contributed by atoms with Crippen molar-refractivity contribution in [1.29, 1.82) is 0 Å². The number of carbonyl (C=O) groups excluding carboxylic acids is 2. The predicted molar refractivity (Wildman–Crippen MR) is 114 cm³/mol. The second kappa shape index (κ2) is 14.1. The first kappa shape index (κ1) is 25.0. The number of rotatable bonds is 12. The number of ether oxygens (including phenoxy) is 2. The third kappa shape index (κ3) is 14.1. The van der Waals surface area contributed by atoms with E-state index >= 15 is 0 Å². The molecule has 1 N–H and O–H groups in total. The molecule has 28 heavy (non-hydrogen) atoms. The minimum Gasteiger partial charge on any atom is -0.458 e. The second-order valence-corrected chi connectivity index (χ2v) is 8.62. The van der Waals surface area contributed by atoms with Crippen LogP contribution in [0.15, 0.2) is 30.3 Å². The molecule has 0 heterocycles. The summed E-state index contributed by atoms with van der Waals surface area (Å²) in [5, 5.41) is 2.61. The van der Waals surface area contributed by atoms with Gasteiger partial charge in [0, 0.05) is 13.0 Å². The fraction of sp³-hybridized carbons (Fsp3) is 0.556. The number of carbonyl (C=O) groups is 2. The molecule has 0 aliphatic heterocycles. The summed E-state index contributed by atoms with van der Waals surface area (Å²) in [6.45, 7) is 6.79. The van der Waals surface area contributed by atoms with Crippen LogP contribution in [0.2, 0.25) is 0 Å². The minimum atomic E-state index is -1.61. The second-order valence-electron chi connectivity index (χ2n) is 6.52. The maximum Gasteiger partial charge on any atom is 0.407 e. The Kier molecular flexibility index (Phi) is 12.6. The number of amides is 1. The van der Waals surface area contributed by atoms with E-state index in [4.69, 9.17) is 23.0 Å². The van der Waals surface area contributed by atoms with E-state index < -0.39 is 20.3 Å². The fourth-order valence-corrected chi connectivity index (χ4v) is 2.97. The molecule has 0 fully saturated rings. The van der Waals surface area contributed by atoms with Gasteiger partial charge >= 0.3 is 18.7 Å². The summed E-state index contributed by atoms with van der Waals surface area (Å²) in [5.41, 5.74) is 0.439. The highest BCUT2D eigenvalue weighted by molar-refractivity contribution is 14.1. The van der Waals surface area contributed by atoms with Crippen molar-refractivity contribution in [2.75, 3.05) is 26.4 Å². The molecule has 1 aromatic carbocycles. The van der Waals surface area contributed by atoms with Crippen molar-refractivity contribution in [1.82, 2.24) is 5.32 Å². The third-order valence-electron chi connectivity index (χ3n) is 2.85. The number of alkyl carbamates (subject to hydrolysis) is 1. The first-order valence-corrected chi connectivity index (χ1v) is 11.0. The molecule has 0 saturated carbocycles. The quantitative estimate of drug-likeness (QED) is 0.178. The summed E-state index contributed by atoms with van der Waals surface area (Å²) >= 11 is 1.57. The average Bonchev–Trinajstić information content (AvgIpc) is 2.61. The Morgan fingerprint density at radius 1 is 1.04 bits per heavy atom. The van der Waals surface area contributed by atoms with E-state index in [1.807, 2.05) is 30.3 Å². The van der Waals surface area contributed by atoms with Crippen LogP contribution in [0.3, 0.4) is 0 Å². The molecule has 0 bridgehead atoms. The van der Waals surface area contributed by atoms with Crippen molar-refractivity contribution in [3.05, 3.63) is 35.9 Å². The highest BCUT2D eigenvalue weighted by Gasteiger charge is 2.17. The average molecular weight is 527 g/mol. The standard InChI is InChI=1S/C18H27INO7P/c1-18(2,3)27-17(22)20-10-13-25-28(24-12-7-11-23-16(19)21)26-14-15-8-5-4-6-9-15/h4-6,8-9H,7,10-14H2,1-3H3,(H,20,22). The van der Waals surface area contributed by atoms with Crippen LogP contribution >= 0.6 is 31.2 Å². The van der Waals surface area contributed by atoms with Crippen LogP contribution in [0, 0.1) is 0 Å². The molecule has 158 valence electrons. The number of hydrogen-bond donors (Lipinski definition) is 1. The van der Waals surface area contributed by atoms with Gasteiger partial charge in [-0.3, -0.25) is 0 Å². The molecule has 0 aliphatic rings. The Morgan fingerprint density at radius 3 is 2.36 bits per heavy atom. The normalized spacial score (nSPS) is 12.3. The van der Waals surface area contributed by atoms with Gasteiger partial charge in [0.25, 0.3) is 0 Å². The van der Waals surface area contributed by atoms with Crippen molar-refractivity contribution < 1.29 is 32.6 Å². The molecule has 1 unspecified atom stereocenters. The summed E-state index contributed by atoms with van der Waals surface area (Å²) < 4.78 is 26.6. The largest absolute Gasteiger partial charge is 0.458 e. The van der Waals surface area contributed by atoms with E-state index in [2.05, 4.69) is 5.32 Å². The zero-order valence-electron chi connectivity index (χ0n) is 16.3. The monoisotopic (exact) mass is 527 g/mol. The topological polar surface area (TPSA) is 92.3 Å². The van der Waals surface area contributed by atoms with Gasteiger partial charge in [0.1, 0.15) is 5.60 Å². The fourth-order valence-electron chi connectivity index (χ4n) is 1.75. The Hall–Kier alpha value is -1.00. The van der Waals surface area contributed by atoms with E-state index in [0.29, 0.717) is 19.6 Å². The smallest absolute Gasteiger partial charge is 0.407 e. The minimum absolute atomic E-state index is 0.211. The molecule has 0 spiro atoms. The molecule has 8 nitrogen and oxygen atoms in total.